The van der Waals surface area contributed by atoms with Gasteiger partial charge in [-0.25, -0.2) is 4.79 Å². The molecule has 0 fully saturated rings. The van der Waals surface area contributed by atoms with Gasteiger partial charge in [-0.05, 0) is 56.3 Å². The van der Waals surface area contributed by atoms with Crippen LogP contribution in [0.15, 0.2) is 66.7 Å². The Morgan fingerprint density at radius 2 is 1.68 bits per heavy atom. The summed E-state index contributed by atoms with van der Waals surface area (Å²) in [7, 11) is 1.30. The number of nitrogens with one attached hydrogen (secondary N) is 1. The molecule has 1 N–H and O–H groups in total. The van der Waals surface area contributed by atoms with Crippen molar-refractivity contribution in [1.82, 2.24) is 0 Å². The molecule has 0 saturated heterocycles. The summed E-state index contributed by atoms with van der Waals surface area (Å²) in [6, 6.07) is 19.6. The number of methoxy groups -OCH3 is 1. The van der Waals surface area contributed by atoms with Gasteiger partial charge < -0.3 is 19.5 Å². The van der Waals surface area contributed by atoms with Gasteiger partial charge in [0.05, 0.1) is 25.0 Å². The maximum absolute atomic E-state index is 12.9. The van der Waals surface area contributed by atoms with Crippen molar-refractivity contribution >= 4 is 17.6 Å². The minimum atomic E-state index is -0.519. The Bertz CT molecular complexity index is 1060. The van der Waals surface area contributed by atoms with Crippen LogP contribution in [0.3, 0.4) is 0 Å². The molecule has 0 aliphatic rings. The third kappa shape index (κ3) is 5.63. The molecular weight excluding hydrogens is 394 g/mol. The number of carbonyl (C=O) groups is 2. The molecule has 0 radical (unpaired) electrons. The molecule has 0 bridgehead atoms. The highest BCUT2D eigenvalue weighted by Gasteiger charge is 2.16. The standard InChI is InChI=1S/C25H25NO5/c1-4-30-23-14-11-18(15-19(23)16-31-20-12-9-17(2)10-13-20)24(27)26-22-8-6-5-7-21(22)25(28)29-3/h5-15H,4,16H2,1-3H3,(H,26,27). The summed E-state index contributed by atoms with van der Waals surface area (Å²) in [6.45, 7) is 4.65. The molecule has 1 amide bonds. The monoisotopic (exact) mass is 419 g/mol. The summed E-state index contributed by atoms with van der Waals surface area (Å²) >= 11 is 0. The fraction of sp³-hybridized carbons (Fsp3) is 0.200. The molecule has 6 heteroatoms. The largest absolute Gasteiger partial charge is 0.493 e. The number of aryl methyl sites for hydroxylation is 1. The molecule has 0 spiro atoms. The number of rotatable bonds is 8. The second-order valence-electron chi connectivity index (χ2n) is 6.85. The third-order valence-corrected chi connectivity index (χ3v) is 4.62. The molecule has 0 aliphatic heterocycles. The van der Waals surface area contributed by atoms with E-state index in [0.717, 1.165) is 16.9 Å². The topological polar surface area (TPSA) is 73.9 Å². The van der Waals surface area contributed by atoms with E-state index in [1.54, 1.807) is 42.5 Å². The molecule has 31 heavy (non-hydrogen) atoms. The van der Waals surface area contributed by atoms with Crippen LogP contribution in [0.2, 0.25) is 0 Å². The van der Waals surface area contributed by atoms with Crippen LogP contribution in [0.4, 0.5) is 5.69 Å². The number of hydrogen-bond acceptors (Lipinski definition) is 5. The first-order chi connectivity index (χ1) is 15.0. The SMILES string of the molecule is CCOc1ccc(C(=O)Nc2ccccc2C(=O)OC)cc1COc1ccc(C)cc1. The minimum Gasteiger partial charge on any atom is -0.493 e. The van der Waals surface area contributed by atoms with Crippen molar-refractivity contribution < 1.29 is 23.8 Å². The summed E-state index contributed by atoms with van der Waals surface area (Å²) in [5, 5.41) is 2.78. The number of benzene rings is 3. The summed E-state index contributed by atoms with van der Waals surface area (Å²) < 4.78 is 16.4. The van der Waals surface area contributed by atoms with E-state index in [-0.39, 0.29) is 18.1 Å². The van der Waals surface area contributed by atoms with Crippen LogP contribution < -0.4 is 14.8 Å². The van der Waals surface area contributed by atoms with Gasteiger partial charge in [-0.1, -0.05) is 29.8 Å². The van der Waals surface area contributed by atoms with Crippen molar-refractivity contribution in [3.63, 3.8) is 0 Å². The quantitative estimate of drug-likeness (QED) is 0.520. The molecule has 3 rings (SSSR count). The van der Waals surface area contributed by atoms with Crippen molar-refractivity contribution in [2.45, 2.75) is 20.5 Å². The number of hydrogen-bond donors (Lipinski definition) is 1. The van der Waals surface area contributed by atoms with Crippen molar-refractivity contribution in [1.29, 1.82) is 0 Å². The Hall–Kier alpha value is -3.80. The summed E-state index contributed by atoms with van der Waals surface area (Å²) in [4.78, 5) is 24.8. The van der Waals surface area contributed by atoms with Gasteiger partial charge in [0.2, 0.25) is 0 Å². The summed E-state index contributed by atoms with van der Waals surface area (Å²) in [5.41, 5.74) is 2.98. The highest BCUT2D eigenvalue weighted by atomic mass is 16.5. The van der Waals surface area contributed by atoms with Gasteiger partial charge in [0, 0.05) is 11.1 Å². The van der Waals surface area contributed by atoms with Gasteiger partial charge in [0.25, 0.3) is 5.91 Å². The number of para-hydroxylation sites is 1. The molecule has 0 saturated carbocycles. The van der Waals surface area contributed by atoms with Gasteiger partial charge in [-0.3, -0.25) is 4.79 Å². The van der Waals surface area contributed by atoms with Crippen LogP contribution in [0.5, 0.6) is 11.5 Å². The Kier molecular flexibility index (Phi) is 7.27. The van der Waals surface area contributed by atoms with Crippen LogP contribution in [0, 0.1) is 6.92 Å². The van der Waals surface area contributed by atoms with Gasteiger partial charge >= 0.3 is 5.97 Å². The van der Waals surface area contributed by atoms with E-state index in [1.165, 1.54) is 7.11 Å². The number of amides is 1. The highest BCUT2D eigenvalue weighted by molar-refractivity contribution is 6.08. The zero-order valence-corrected chi connectivity index (χ0v) is 17.8. The molecule has 160 valence electrons. The van der Waals surface area contributed by atoms with Gasteiger partial charge in [-0.15, -0.1) is 0 Å². The fourth-order valence-electron chi connectivity index (χ4n) is 3.00. The minimum absolute atomic E-state index is 0.248. The Morgan fingerprint density at radius 3 is 2.39 bits per heavy atom. The van der Waals surface area contributed by atoms with Crippen molar-refractivity contribution in [2.24, 2.45) is 0 Å². The second-order valence-corrected chi connectivity index (χ2v) is 6.85. The van der Waals surface area contributed by atoms with E-state index >= 15 is 0 Å². The lowest BCUT2D eigenvalue weighted by Gasteiger charge is -2.14. The third-order valence-electron chi connectivity index (χ3n) is 4.62. The van der Waals surface area contributed by atoms with Crippen molar-refractivity contribution in [3.8, 4) is 11.5 Å². The first kappa shape index (κ1) is 21.9. The molecule has 0 aliphatic carbocycles. The number of ether oxygens (including phenoxy) is 3. The Balaban J connectivity index is 1.81. The van der Waals surface area contributed by atoms with Crippen LogP contribution in [-0.4, -0.2) is 25.6 Å². The van der Waals surface area contributed by atoms with E-state index in [1.807, 2.05) is 38.1 Å². The number of anilines is 1. The van der Waals surface area contributed by atoms with E-state index in [2.05, 4.69) is 5.32 Å². The van der Waals surface area contributed by atoms with Gasteiger partial charge in [-0.2, -0.15) is 0 Å². The van der Waals surface area contributed by atoms with Gasteiger partial charge in [0.1, 0.15) is 18.1 Å². The van der Waals surface area contributed by atoms with Crippen LogP contribution >= 0.6 is 0 Å². The Morgan fingerprint density at radius 1 is 0.935 bits per heavy atom. The molecule has 0 atom stereocenters. The van der Waals surface area contributed by atoms with Crippen LogP contribution in [-0.2, 0) is 11.3 Å². The molecule has 6 nitrogen and oxygen atoms in total. The number of esters is 1. The molecule has 0 unspecified atom stereocenters. The maximum Gasteiger partial charge on any atom is 0.339 e. The zero-order chi connectivity index (χ0) is 22.2. The lowest BCUT2D eigenvalue weighted by atomic mass is 10.1. The molecular formula is C25H25NO5. The van der Waals surface area contributed by atoms with E-state index in [4.69, 9.17) is 14.2 Å². The average Bonchev–Trinajstić information content (AvgIpc) is 2.79. The summed E-state index contributed by atoms with van der Waals surface area (Å²) in [6.07, 6.45) is 0. The smallest absolute Gasteiger partial charge is 0.339 e. The predicted molar refractivity (Wildman–Crippen MR) is 119 cm³/mol. The lowest BCUT2D eigenvalue weighted by molar-refractivity contribution is 0.0602. The molecule has 3 aromatic carbocycles. The van der Waals surface area contributed by atoms with Crippen molar-refractivity contribution in [3.05, 3.63) is 89.0 Å². The van der Waals surface area contributed by atoms with Crippen LogP contribution in [0.25, 0.3) is 0 Å². The van der Waals surface area contributed by atoms with Crippen LogP contribution in [0.1, 0.15) is 38.8 Å². The van der Waals surface area contributed by atoms with E-state index in [9.17, 15) is 9.59 Å². The zero-order valence-electron chi connectivity index (χ0n) is 17.8. The van der Waals surface area contributed by atoms with Gasteiger partial charge in [0.15, 0.2) is 0 Å². The van der Waals surface area contributed by atoms with E-state index < -0.39 is 5.97 Å². The Labute approximate surface area is 181 Å². The molecule has 0 aromatic heterocycles. The first-order valence-electron chi connectivity index (χ1n) is 9.95. The first-order valence-corrected chi connectivity index (χ1v) is 9.95. The normalized spacial score (nSPS) is 10.3. The average molecular weight is 419 g/mol. The second kappa shape index (κ2) is 10.3. The van der Waals surface area contributed by atoms with Crippen molar-refractivity contribution in [2.75, 3.05) is 19.0 Å². The number of carbonyl (C=O) groups excluding carboxylic acids is 2. The van der Waals surface area contributed by atoms with E-state index in [0.29, 0.717) is 23.6 Å². The molecule has 0 heterocycles. The summed E-state index contributed by atoms with van der Waals surface area (Å²) in [5.74, 6) is 0.516. The fourth-order valence-corrected chi connectivity index (χ4v) is 3.00. The maximum atomic E-state index is 12.9. The molecule has 3 aromatic rings. The predicted octanol–water partition coefficient (Wildman–Crippen LogP) is 5.01. The highest BCUT2D eigenvalue weighted by Crippen LogP contribution is 2.24. The lowest BCUT2D eigenvalue weighted by Crippen LogP contribution is -2.16.